The highest BCUT2D eigenvalue weighted by Gasteiger charge is 2.21. The smallest absolute Gasteiger partial charge is 0.258 e. The Kier molecular flexibility index (Phi) is 6.96. The average Bonchev–Trinajstić information content (AvgIpc) is 2.69. The number of likely N-dealkylation sites (tertiary alicyclic amines) is 1. The summed E-state index contributed by atoms with van der Waals surface area (Å²) >= 11 is 5.84. The zero-order valence-corrected chi connectivity index (χ0v) is 16.2. The van der Waals surface area contributed by atoms with Crippen molar-refractivity contribution in [3.8, 4) is 11.5 Å². The number of carbonyl (C=O) groups is 1. The van der Waals surface area contributed by atoms with Crippen LogP contribution in [0.3, 0.4) is 0 Å². The van der Waals surface area contributed by atoms with Gasteiger partial charge in [0.15, 0.2) is 6.61 Å². The zero-order chi connectivity index (χ0) is 19.1. The standard InChI is InChI=1S/C21H25ClN2O3/c1-26-20-5-3-2-4-16(20)14-24-12-10-18(11-13-24)23-21(25)15-27-19-8-6-17(22)7-9-19/h2-9,18H,10-15H2,1H3,(H,23,25). The molecule has 1 amide bonds. The second-order valence-electron chi connectivity index (χ2n) is 6.67. The van der Waals surface area contributed by atoms with E-state index in [2.05, 4.69) is 16.3 Å². The minimum atomic E-state index is -0.0897. The van der Waals surface area contributed by atoms with Crippen LogP contribution in [0.25, 0.3) is 0 Å². The highest BCUT2D eigenvalue weighted by molar-refractivity contribution is 6.30. The third-order valence-corrected chi connectivity index (χ3v) is 4.97. The van der Waals surface area contributed by atoms with Gasteiger partial charge in [-0.2, -0.15) is 0 Å². The highest BCUT2D eigenvalue weighted by atomic mass is 35.5. The number of hydrogen-bond acceptors (Lipinski definition) is 4. The van der Waals surface area contributed by atoms with Gasteiger partial charge >= 0.3 is 0 Å². The Balaban J connectivity index is 1.40. The molecule has 1 fully saturated rings. The van der Waals surface area contributed by atoms with Crippen LogP contribution in [0.5, 0.6) is 11.5 Å². The second-order valence-corrected chi connectivity index (χ2v) is 7.11. The van der Waals surface area contributed by atoms with Crippen LogP contribution >= 0.6 is 11.6 Å². The van der Waals surface area contributed by atoms with Gasteiger partial charge in [-0.3, -0.25) is 9.69 Å². The summed E-state index contributed by atoms with van der Waals surface area (Å²) in [6.45, 7) is 2.77. The molecule has 144 valence electrons. The van der Waals surface area contributed by atoms with Gasteiger partial charge in [0.25, 0.3) is 5.91 Å². The lowest BCUT2D eigenvalue weighted by Crippen LogP contribution is -2.45. The van der Waals surface area contributed by atoms with Crippen molar-refractivity contribution >= 4 is 17.5 Å². The topological polar surface area (TPSA) is 50.8 Å². The lowest BCUT2D eigenvalue weighted by atomic mass is 10.0. The number of halogens is 1. The third kappa shape index (κ3) is 5.88. The number of benzene rings is 2. The van der Waals surface area contributed by atoms with Gasteiger partial charge in [0.05, 0.1) is 7.11 Å². The lowest BCUT2D eigenvalue weighted by molar-refractivity contribution is -0.124. The lowest BCUT2D eigenvalue weighted by Gasteiger charge is -2.32. The van der Waals surface area contributed by atoms with Crippen molar-refractivity contribution in [3.05, 3.63) is 59.1 Å². The molecule has 0 bridgehead atoms. The highest BCUT2D eigenvalue weighted by Crippen LogP contribution is 2.21. The third-order valence-electron chi connectivity index (χ3n) is 4.72. The van der Waals surface area contributed by atoms with E-state index in [1.807, 2.05) is 18.2 Å². The van der Waals surface area contributed by atoms with Gasteiger partial charge in [0, 0.05) is 36.3 Å². The SMILES string of the molecule is COc1ccccc1CN1CCC(NC(=O)COc2ccc(Cl)cc2)CC1. The van der Waals surface area contributed by atoms with Crippen LogP contribution in [0, 0.1) is 0 Å². The van der Waals surface area contributed by atoms with E-state index in [1.54, 1.807) is 31.4 Å². The Morgan fingerprint density at radius 1 is 1.15 bits per heavy atom. The number of nitrogens with zero attached hydrogens (tertiary/aromatic N) is 1. The molecule has 2 aromatic rings. The molecule has 0 saturated carbocycles. The molecule has 0 radical (unpaired) electrons. The first-order valence-electron chi connectivity index (χ1n) is 9.16. The van der Waals surface area contributed by atoms with E-state index in [9.17, 15) is 4.79 Å². The molecule has 6 heteroatoms. The fourth-order valence-corrected chi connectivity index (χ4v) is 3.38. The average molecular weight is 389 g/mol. The van der Waals surface area contributed by atoms with Gasteiger partial charge in [-0.25, -0.2) is 0 Å². The van der Waals surface area contributed by atoms with Crippen molar-refractivity contribution in [2.75, 3.05) is 26.8 Å². The molecular weight excluding hydrogens is 364 g/mol. The van der Waals surface area contributed by atoms with Gasteiger partial charge in [-0.15, -0.1) is 0 Å². The van der Waals surface area contributed by atoms with Crippen LogP contribution in [0.2, 0.25) is 5.02 Å². The van der Waals surface area contributed by atoms with Crippen LogP contribution in [0.1, 0.15) is 18.4 Å². The Bertz CT molecular complexity index is 743. The first-order chi connectivity index (χ1) is 13.1. The predicted molar refractivity (Wildman–Crippen MR) is 106 cm³/mol. The molecule has 2 aromatic carbocycles. The molecule has 0 aliphatic carbocycles. The van der Waals surface area contributed by atoms with Crippen molar-refractivity contribution in [1.29, 1.82) is 0 Å². The van der Waals surface area contributed by atoms with Crippen LogP contribution in [0.15, 0.2) is 48.5 Å². The molecule has 1 N–H and O–H groups in total. The minimum Gasteiger partial charge on any atom is -0.496 e. The molecule has 27 heavy (non-hydrogen) atoms. The van der Waals surface area contributed by atoms with Crippen LogP contribution in [0.4, 0.5) is 0 Å². The van der Waals surface area contributed by atoms with Crippen molar-refractivity contribution in [1.82, 2.24) is 10.2 Å². The number of carbonyl (C=O) groups excluding carboxylic acids is 1. The molecule has 1 saturated heterocycles. The molecule has 5 nitrogen and oxygen atoms in total. The summed E-state index contributed by atoms with van der Waals surface area (Å²) in [4.78, 5) is 14.5. The van der Waals surface area contributed by atoms with Crippen LogP contribution < -0.4 is 14.8 Å². The zero-order valence-electron chi connectivity index (χ0n) is 15.5. The van der Waals surface area contributed by atoms with Crippen molar-refractivity contribution in [2.45, 2.75) is 25.4 Å². The second kappa shape index (κ2) is 9.62. The molecule has 0 aromatic heterocycles. The Morgan fingerprint density at radius 2 is 1.85 bits per heavy atom. The normalized spacial score (nSPS) is 15.3. The number of methoxy groups -OCH3 is 1. The van der Waals surface area contributed by atoms with Crippen molar-refractivity contribution < 1.29 is 14.3 Å². The number of nitrogens with one attached hydrogen (secondary N) is 1. The molecule has 1 heterocycles. The fourth-order valence-electron chi connectivity index (χ4n) is 3.26. The van der Waals surface area contributed by atoms with Crippen LogP contribution in [-0.2, 0) is 11.3 Å². The summed E-state index contributed by atoms with van der Waals surface area (Å²) in [5.74, 6) is 1.47. The first-order valence-corrected chi connectivity index (χ1v) is 9.54. The molecule has 0 atom stereocenters. The Hall–Kier alpha value is -2.24. The number of ether oxygens (including phenoxy) is 2. The van der Waals surface area contributed by atoms with E-state index < -0.39 is 0 Å². The van der Waals surface area contributed by atoms with E-state index in [1.165, 1.54) is 5.56 Å². The summed E-state index contributed by atoms with van der Waals surface area (Å²) in [5.41, 5.74) is 1.19. The monoisotopic (exact) mass is 388 g/mol. The molecule has 3 rings (SSSR count). The van der Waals surface area contributed by atoms with Gasteiger partial charge < -0.3 is 14.8 Å². The largest absolute Gasteiger partial charge is 0.496 e. The van der Waals surface area contributed by atoms with Crippen LogP contribution in [-0.4, -0.2) is 43.7 Å². The Morgan fingerprint density at radius 3 is 2.56 bits per heavy atom. The Labute approximate surface area is 165 Å². The van der Waals surface area contributed by atoms with E-state index in [4.69, 9.17) is 21.1 Å². The van der Waals surface area contributed by atoms with Gasteiger partial charge in [0.1, 0.15) is 11.5 Å². The first kappa shape index (κ1) is 19.5. The molecule has 1 aliphatic heterocycles. The molecule has 0 spiro atoms. The fraction of sp³-hybridized carbons (Fsp3) is 0.381. The van der Waals surface area contributed by atoms with Gasteiger partial charge in [0.2, 0.25) is 0 Å². The number of piperidine rings is 1. The number of para-hydroxylation sites is 1. The maximum Gasteiger partial charge on any atom is 0.258 e. The number of rotatable bonds is 7. The number of amides is 1. The quantitative estimate of drug-likeness (QED) is 0.788. The summed E-state index contributed by atoms with van der Waals surface area (Å²) in [5, 5.41) is 3.71. The molecule has 0 unspecified atom stereocenters. The summed E-state index contributed by atoms with van der Waals surface area (Å²) < 4.78 is 10.9. The van der Waals surface area contributed by atoms with E-state index in [0.717, 1.165) is 38.2 Å². The summed E-state index contributed by atoms with van der Waals surface area (Å²) in [7, 11) is 1.70. The van der Waals surface area contributed by atoms with Crippen molar-refractivity contribution in [2.24, 2.45) is 0 Å². The van der Waals surface area contributed by atoms with E-state index in [-0.39, 0.29) is 18.6 Å². The summed E-state index contributed by atoms with van der Waals surface area (Å²) in [6.07, 6.45) is 1.86. The minimum absolute atomic E-state index is 0.0169. The summed E-state index contributed by atoms with van der Waals surface area (Å²) in [6, 6.07) is 15.3. The molecular formula is C21H25ClN2O3. The predicted octanol–water partition coefficient (Wildman–Crippen LogP) is 3.51. The molecule has 1 aliphatic rings. The van der Waals surface area contributed by atoms with E-state index in [0.29, 0.717) is 10.8 Å². The maximum atomic E-state index is 12.1. The van der Waals surface area contributed by atoms with E-state index >= 15 is 0 Å². The van der Waals surface area contributed by atoms with Crippen molar-refractivity contribution in [3.63, 3.8) is 0 Å². The maximum absolute atomic E-state index is 12.1. The number of hydrogen-bond donors (Lipinski definition) is 1. The van der Waals surface area contributed by atoms with Gasteiger partial charge in [-0.1, -0.05) is 29.8 Å². The van der Waals surface area contributed by atoms with Gasteiger partial charge in [-0.05, 0) is 43.2 Å².